The molecule has 1 aliphatic heterocycles. The summed E-state index contributed by atoms with van der Waals surface area (Å²) in [6, 6.07) is 7.96. The van der Waals surface area contributed by atoms with Crippen LogP contribution < -0.4 is 20.1 Å². The van der Waals surface area contributed by atoms with Crippen LogP contribution in [-0.2, 0) is 11.2 Å². The molecule has 0 saturated carbocycles. The molecule has 3 heterocycles. The van der Waals surface area contributed by atoms with E-state index in [2.05, 4.69) is 31.9 Å². The molecule has 188 valence electrons. The maximum Gasteiger partial charge on any atom is 0.387 e. The first kappa shape index (κ1) is 24.7. The van der Waals surface area contributed by atoms with Gasteiger partial charge >= 0.3 is 6.61 Å². The summed E-state index contributed by atoms with van der Waals surface area (Å²) in [5.41, 5.74) is 2.85. The van der Waals surface area contributed by atoms with Crippen molar-refractivity contribution in [2.45, 2.75) is 13.0 Å². The highest BCUT2D eigenvalue weighted by Gasteiger charge is 2.28. The summed E-state index contributed by atoms with van der Waals surface area (Å²) in [5, 5.41) is 5.93. The van der Waals surface area contributed by atoms with Crippen molar-refractivity contribution in [2.75, 3.05) is 32.1 Å². The molecule has 0 bridgehead atoms. The molecule has 3 N–H and O–H groups in total. The average molecular weight is 498 g/mol. The number of nitrogens with zero attached hydrogens (tertiary/aromatic N) is 2. The van der Waals surface area contributed by atoms with Gasteiger partial charge in [-0.25, -0.2) is 0 Å². The highest BCUT2D eigenvalue weighted by Crippen LogP contribution is 2.41. The van der Waals surface area contributed by atoms with Crippen molar-refractivity contribution in [3.63, 3.8) is 0 Å². The lowest BCUT2D eigenvalue weighted by atomic mass is 10.0. The number of amides is 2. The lowest BCUT2D eigenvalue weighted by molar-refractivity contribution is -0.125. The number of hydrogen-bond donors (Lipinski definition) is 3. The van der Waals surface area contributed by atoms with Crippen LogP contribution in [0.2, 0.25) is 0 Å². The van der Waals surface area contributed by atoms with E-state index in [9.17, 15) is 18.4 Å². The summed E-state index contributed by atoms with van der Waals surface area (Å²) < 4.78 is 36.6. The summed E-state index contributed by atoms with van der Waals surface area (Å²) in [4.78, 5) is 33.4. The summed E-state index contributed by atoms with van der Waals surface area (Å²) >= 11 is 0. The van der Waals surface area contributed by atoms with E-state index in [0.717, 1.165) is 0 Å². The van der Waals surface area contributed by atoms with Gasteiger partial charge in [-0.3, -0.25) is 14.6 Å². The van der Waals surface area contributed by atoms with Gasteiger partial charge < -0.3 is 30.0 Å². The van der Waals surface area contributed by atoms with E-state index in [1.165, 1.54) is 23.2 Å². The molecule has 4 rings (SSSR count). The van der Waals surface area contributed by atoms with Gasteiger partial charge in [0.25, 0.3) is 5.91 Å². The zero-order valence-electron chi connectivity index (χ0n) is 19.5. The third-order valence-corrected chi connectivity index (χ3v) is 5.62. The Morgan fingerprint density at radius 2 is 2.11 bits per heavy atom. The number of nitrogens with one attached hydrogen (secondary N) is 3. The first-order valence-electron chi connectivity index (χ1n) is 11.2. The number of benzene rings is 1. The number of aromatic amines is 1. The minimum Gasteiger partial charge on any atom is -0.489 e. The number of para-hydroxylation sites is 2. The molecule has 0 spiro atoms. The van der Waals surface area contributed by atoms with Gasteiger partial charge in [-0.1, -0.05) is 18.7 Å². The van der Waals surface area contributed by atoms with Gasteiger partial charge in [-0.15, -0.1) is 0 Å². The molecule has 2 aromatic heterocycles. The number of rotatable bonds is 10. The van der Waals surface area contributed by atoms with Crippen molar-refractivity contribution in [3.8, 4) is 22.8 Å². The monoisotopic (exact) mass is 497 g/mol. The minimum absolute atomic E-state index is 0.0641. The van der Waals surface area contributed by atoms with Crippen molar-refractivity contribution in [1.29, 1.82) is 0 Å². The number of likely N-dealkylation sites (N-methyl/N-ethyl adjacent to an activating group) is 1. The fourth-order valence-electron chi connectivity index (χ4n) is 3.87. The van der Waals surface area contributed by atoms with Gasteiger partial charge in [0, 0.05) is 37.5 Å². The second kappa shape index (κ2) is 10.9. The van der Waals surface area contributed by atoms with E-state index in [4.69, 9.17) is 4.74 Å². The number of halogens is 2. The Balaban J connectivity index is 1.72. The van der Waals surface area contributed by atoms with E-state index in [-0.39, 0.29) is 29.9 Å². The normalized spacial score (nSPS) is 12.5. The summed E-state index contributed by atoms with van der Waals surface area (Å²) in [7, 11) is 1.64. The SMILES string of the molecule is C=CC(=O)N(C)CCOc1cnccc1-c1[nH]c2c(c1Nc1ccccc1OC(F)F)C(=O)NCC2. The highest BCUT2D eigenvalue weighted by molar-refractivity contribution is 6.06. The standard InChI is InChI=1S/C25H25F2N5O4/c1-3-20(33)32(2)12-13-35-19-14-28-10-8-15(19)22-23(21-17(31-22)9-11-29-24(21)34)30-16-6-4-5-7-18(16)36-25(26)27/h3-8,10,14,25,30-31H,1,9,11-13H2,2H3,(H,29,34). The molecule has 0 atom stereocenters. The number of hydrogen-bond acceptors (Lipinski definition) is 6. The third kappa shape index (κ3) is 5.29. The Bertz CT molecular complexity index is 1280. The largest absolute Gasteiger partial charge is 0.489 e. The van der Waals surface area contributed by atoms with Crippen molar-refractivity contribution in [3.05, 3.63) is 66.6 Å². The first-order valence-corrected chi connectivity index (χ1v) is 11.2. The van der Waals surface area contributed by atoms with Crippen LogP contribution in [0.1, 0.15) is 16.1 Å². The number of aromatic nitrogens is 2. The summed E-state index contributed by atoms with van der Waals surface area (Å²) in [6.45, 7) is 1.41. The van der Waals surface area contributed by atoms with E-state index in [1.807, 2.05) is 0 Å². The van der Waals surface area contributed by atoms with Crippen molar-refractivity contribution < 1.29 is 27.8 Å². The van der Waals surface area contributed by atoms with Gasteiger partial charge in [0.05, 0.1) is 35.4 Å². The van der Waals surface area contributed by atoms with Crippen molar-refractivity contribution in [2.24, 2.45) is 0 Å². The Morgan fingerprint density at radius 1 is 1.31 bits per heavy atom. The maximum atomic E-state index is 13.0. The van der Waals surface area contributed by atoms with Gasteiger partial charge in [0.15, 0.2) is 0 Å². The van der Waals surface area contributed by atoms with E-state index < -0.39 is 6.61 Å². The van der Waals surface area contributed by atoms with Crippen molar-refractivity contribution in [1.82, 2.24) is 20.2 Å². The molecule has 9 nitrogen and oxygen atoms in total. The lowest BCUT2D eigenvalue weighted by Gasteiger charge is -2.18. The summed E-state index contributed by atoms with van der Waals surface area (Å²) in [5.74, 6) is -0.180. The average Bonchev–Trinajstić information content (AvgIpc) is 3.24. The molecule has 3 aromatic rings. The van der Waals surface area contributed by atoms with E-state index in [0.29, 0.717) is 53.5 Å². The van der Waals surface area contributed by atoms with Crippen LogP contribution in [0.4, 0.5) is 20.2 Å². The Kier molecular flexibility index (Phi) is 7.47. The second-order valence-corrected chi connectivity index (χ2v) is 7.92. The predicted octanol–water partition coefficient (Wildman–Crippen LogP) is 3.73. The van der Waals surface area contributed by atoms with Crippen LogP contribution in [0.5, 0.6) is 11.5 Å². The minimum atomic E-state index is -3.01. The smallest absolute Gasteiger partial charge is 0.387 e. The van der Waals surface area contributed by atoms with Gasteiger partial charge in [0.1, 0.15) is 18.1 Å². The molecule has 36 heavy (non-hydrogen) atoms. The van der Waals surface area contributed by atoms with Gasteiger partial charge in [-0.05, 0) is 24.3 Å². The van der Waals surface area contributed by atoms with Crippen LogP contribution in [0.25, 0.3) is 11.3 Å². The Labute approximate surface area is 206 Å². The van der Waals surface area contributed by atoms with Gasteiger partial charge in [0.2, 0.25) is 5.91 Å². The lowest BCUT2D eigenvalue weighted by Crippen LogP contribution is -2.31. The topological polar surface area (TPSA) is 109 Å². The number of fused-ring (bicyclic) bond motifs is 1. The second-order valence-electron chi connectivity index (χ2n) is 7.92. The predicted molar refractivity (Wildman–Crippen MR) is 130 cm³/mol. The molecule has 0 saturated heterocycles. The third-order valence-electron chi connectivity index (χ3n) is 5.62. The number of alkyl halides is 2. The maximum absolute atomic E-state index is 13.0. The molecule has 0 radical (unpaired) electrons. The number of ether oxygens (including phenoxy) is 2. The number of pyridine rings is 1. The van der Waals surface area contributed by atoms with Gasteiger partial charge in [-0.2, -0.15) is 8.78 Å². The number of carbonyl (C=O) groups is 2. The summed E-state index contributed by atoms with van der Waals surface area (Å²) in [6.07, 6.45) is 4.88. The van der Waals surface area contributed by atoms with Crippen molar-refractivity contribution >= 4 is 23.2 Å². The number of H-pyrrole nitrogens is 1. The zero-order valence-corrected chi connectivity index (χ0v) is 19.5. The molecule has 11 heteroatoms. The Hall–Kier alpha value is -4.41. The van der Waals surface area contributed by atoms with Crippen LogP contribution in [-0.4, -0.2) is 60.0 Å². The molecule has 0 fully saturated rings. The first-order chi connectivity index (χ1) is 17.4. The zero-order chi connectivity index (χ0) is 25.7. The highest BCUT2D eigenvalue weighted by atomic mass is 19.3. The molecule has 1 aromatic carbocycles. The quantitative estimate of drug-likeness (QED) is 0.369. The molecule has 2 amide bonds. The van der Waals surface area contributed by atoms with Crippen LogP contribution in [0, 0.1) is 0 Å². The fraction of sp³-hybridized carbons (Fsp3) is 0.240. The van der Waals surface area contributed by atoms with E-state index in [1.54, 1.807) is 37.5 Å². The molecule has 1 aliphatic rings. The van der Waals surface area contributed by atoms with Crippen LogP contribution in [0.15, 0.2) is 55.4 Å². The van der Waals surface area contributed by atoms with E-state index >= 15 is 0 Å². The molecular formula is C25H25F2N5O4. The number of carbonyl (C=O) groups excluding carboxylic acids is 2. The molecule has 0 unspecified atom stereocenters. The number of anilines is 2. The fourth-order valence-corrected chi connectivity index (χ4v) is 3.87. The molecular weight excluding hydrogens is 472 g/mol. The van der Waals surface area contributed by atoms with Crippen LogP contribution in [0.3, 0.4) is 0 Å². The Morgan fingerprint density at radius 3 is 2.89 bits per heavy atom. The van der Waals surface area contributed by atoms with Crippen LogP contribution >= 0.6 is 0 Å². The molecule has 0 aliphatic carbocycles.